The summed E-state index contributed by atoms with van der Waals surface area (Å²) in [6.07, 6.45) is 0. The lowest BCUT2D eigenvalue weighted by atomic mass is 10.3. The summed E-state index contributed by atoms with van der Waals surface area (Å²) in [5.41, 5.74) is 0.604. The number of morpholine rings is 1. The van der Waals surface area contributed by atoms with Crippen molar-refractivity contribution < 1.29 is 9.53 Å². The maximum absolute atomic E-state index is 11.3. The van der Waals surface area contributed by atoms with Gasteiger partial charge in [-0.3, -0.25) is 4.79 Å². The monoisotopic (exact) mass is 155 g/mol. The Hall–Kier alpha value is -0.830. The van der Waals surface area contributed by atoms with Gasteiger partial charge >= 0.3 is 0 Å². The molecule has 3 heteroatoms. The number of carbonyl (C=O) groups is 1. The van der Waals surface area contributed by atoms with Crippen LogP contribution in [-0.2, 0) is 9.53 Å². The summed E-state index contributed by atoms with van der Waals surface area (Å²) in [4.78, 5) is 13.0. The fourth-order valence-corrected chi connectivity index (χ4v) is 1.04. The zero-order valence-corrected chi connectivity index (χ0v) is 6.80. The number of rotatable bonds is 1. The van der Waals surface area contributed by atoms with Crippen LogP contribution >= 0.6 is 0 Å². The molecule has 3 nitrogen and oxygen atoms in total. The summed E-state index contributed by atoms with van der Waals surface area (Å²) in [6, 6.07) is 0. The smallest absolute Gasteiger partial charge is 0.249 e. The van der Waals surface area contributed by atoms with E-state index in [-0.39, 0.29) is 5.91 Å². The Kier molecular flexibility index (Phi) is 2.65. The van der Waals surface area contributed by atoms with Crippen molar-refractivity contribution in [3.05, 3.63) is 12.2 Å². The minimum atomic E-state index is 0.0494. The average molecular weight is 155 g/mol. The van der Waals surface area contributed by atoms with E-state index in [2.05, 4.69) is 6.58 Å². The lowest BCUT2D eigenvalue weighted by Crippen LogP contribution is -2.40. The second-order valence-electron chi connectivity index (χ2n) is 2.68. The fourth-order valence-electron chi connectivity index (χ4n) is 1.04. The van der Waals surface area contributed by atoms with E-state index in [0.29, 0.717) is 31.9 Å². The molecule has 0 aromatic rings. The zero-order valence-electron chi connectivity index (χ0n) is 6.80. The summed E-state index contributed by atoms with van der Waals surface area (Å²) < 4.78 is 5.11. The van der Waals surface area contributed by atoms with E-state index in [4.69, 9.17) is 4.74 Å². The Balaban J connectivity index is 2.45. The van der Waals surface area contributed by atoms with Crippen LogP contribution in [0.25, 0.3) is 0 Å². The minimum absolute atomic E-state index is 0.0494. The summed E-state index contributed by atoms with van der Waals surface area (Å²) in [5.74, 6) is 0.0494. The molecule has 1 saturated heterocycles. The lowest BCUT2D eigenvalue weighted by molar-refractivity contribution is -0.131. The molecule has 1 aliphatic rings. The first-order valence-electron chi connectivity index (χ1n) is 3.74. The van der Waals surface area contributed by atoms with Crippen LogP contribution in [0.15, 0.2) is 12.2 Å². The van der Waals surface area contributed by atoms with Gasteiger partial charge in [0.15, 0.2) is 0 Å². The Bertz CT molecular complexity index is 171. The highest BCUT2D eigenvalue weighted by Gasteiger charge is 2.16. The molecule has 1 heterocycles. The van der Waals surface area contributed by atoms with Crippen molar-refractivity contribution >= 4 is 5.91 Å². The van der Waals surface area contributed by atoms with Gasteiger partial charge in [0.25, 0.3) is 0 Å². The quantitative estimate of drug-likeness (QED) is 0.514. The highest BCUT2D eigenvalue weighted by Crippen LogP contribution is 2.01. The first-order chi connectivity index (χ1) is 5.22. The lowest BCUT2D eigenvalue weighted by Gasteiger charge is -2.26. The number of carbonyl (C=O) groups excluding carboxylic acids is 1. The predicted octanol–water partition coefficient (Wildman–Crippen LogP) is 0.421. The largest absolute Gasteiger partial charge is 0.378 e. The highest BCUT2D eigenvalue weighted by molar-refractivity contribution is 5.92. The van der Waals surface area contributed by atoms with Crippen molar-refractivity contribution in [3.63, 3.8) is 0 Å². The zero-order chi connectivity index (χ0) is 8.27. The van der Waals surface area contributed by atoms with Gasteiger partial charge < -0.3 is 9.64 Å². The molecule has 0 aromatic heterocycles. The first-order valence-corrected chi connectivity index (χ1v) is 3.74. The van der Waals surface area contributed by atoms with Crippen molar-refractivity contribution in [2.24, 2.45) is 0 Å². The standard InChI is InChI=1S/C8H13NO2/c1-7(2)8(10)9-3-5-11-6-4-9/h1,3-6H2,2H3. The maximum atomic E-state index is 11.3. The topological polar surface area (TPSA) is 29.5 Å². The Labute approximate surface area is 66.6 Å². The van der Waals surface area contributed by atoms with Crippen LogP contribution < -0.4 is 0 Å². The van der Waals surface area contributed by atoms with Crippen LogP contribution in [0.3, 0.4) is 0 Å². The SMILES string of the molecule is C=C(C)C(=O)N1CCOCC1. The van der Waals surface area contributed by atoms with Crippen molar-refractivity contribution in [1.29, 1.82) is 0 Å². The normalized spacial score (nSPS) is 18.1. The van der Waals surface area contributed by atoms with Crippen LogP contribution in [0, 0.1) is 0 Å². The highest BCUT2D eigenvalue weighted by atomic mass is 16.5. The number of nitrogens with zero attached hydrogens (tertiary/aromatic N) is 1. The Morgan fingerprint density at radius 3 is 2.45 bits per heavy atom. The third-order valence-corrected chi connectivity index (χ3v) is 1.66. The molecule has 0 aliphatic carbocycles. The van der Waals surface area contributed by atoms with Gasteiger partial charge in [0.1, 0.15) is 0 Å². The van der Waals surface area contributed by atoms with Crippen molar-refractivity contribution in [2.75, 3.05) is 26.3 Å². The molecule has 0 N–H and O–H groups in total. The van der Waals surface area contributed by atoms with Crippen LogP contribution in [0.2, 0.25) is 0 Å². The molecule has 1 aliphatic heterocycles. The molecule has 1 rings (SSSR count). The summed E-state index contributed by atoms with van der Waals surface area (Å²) >= 11 is 0. The van der Waals surface area contributed by atoms with Crippen LogP contribution in [-0.4, -0.2) is 37.1 Å². The maximum Gasteiger partial charge on any atom is 0.249 e. The fraction of sp³-hybridized carbons (Fsp3) is 0.625. The van der Waals surface area contributed by atoms with Gasteiger partial charge in [0.05, 0.1) is 13.2 Å². The van der Waals surface area contributed by atoms with Crippen molar-refractivity contribution in [2.45, 2.75) is 6.92 Å². The predicted molar refractivity (Wildman–Crippen MR) is 42.2 cm³/mol. The number of hydrogen-bond donors (Lipinski definition) is 0. The van der Waals surface area contributed by atoms with Gasteiger partial charge in [-0.05, 0) is 6.92 Å². The number of amides is 1. The molecule has 0 unspecified atom stereocenters. The molecule has 0 radical (unpaired) electrons. The number of hydrogen-bond acceptors (Lipinski definition) is 2. The summed E-state index contributed by atoms with van der Waals surface area (Å²) in [7, 11) is 0. The van der Waals surface area contributed by atoms with Crippen molar-refractivity contribution in [3.8, 4) is 0 Å². The van der Waals surface area contributed by atoms with E-state index in [0.717, 1.165) is 0 Å². The van der Waals surface area contributed by atoms with Gasteiger partial charge in [-0.25, -0.2) is 0 Å². The van der Waals surface area contributed by atoms with Crippen LogP contribution in [0.4, 0.5) is 0 Å². The van der Waals surface area contributed by atoms with E-state index >= 15 is 0 Å². The Morgan fingerprint density at radius 2 is 2.00 bits per heavy atom. The van der Waals surface area contributed by atoms with Gasteiger partial charge in [-0.2, -0.15) is 0 Å². The molecule has 0 aromatic carbocycles. The molecule has 0 spiro atoms. The van der Waals surface area contributed by atoms with E-state index in [1.54, 1.807) is 11.8 Å². The molecule has 62 valence electrons. The molecule has 1 amide bonds. The van der Waals surface area contributed by atoms with Gasteiger partial charge in [-0.15, -0.1) is 0 Å². The third kappa shape index (κ3) is 2.05. The number of ether oxygens (including phenoxy) is 1. The average Bonchev–Trinajstić information content (AvgIpc) is 2.05. The molecule has 1 fully saturated rings. The minimum Gasteiger partial charge on any atom is -0.378 e. The summed E-state index contributed by atoms with van der Waals surface area (Å²) in [5, 5.41) is 0. The molecular weight excluding hydrogens is 142 g/mol. The summed E-state index contributed by atoms with van der Waals surface area (Å²) in [6.45, 7) is 8.04. The van der Waals surface area contributed by atoms with Gasteiger partial charge in [-0.1, -0.05) is 6.58 Å². The van der Waals surface area contributed by atoms with Crippen LogP contribution in [0.5, 0.6) is 0 Å². The van der Waals surface area contributed by atoms with E-state index in [1.165, 1.54) is 0 Å². The molecule has 11 heavy (non-hydrogen) atoms. The first kappa shape index (κ1) is 8.27. The van der Waals surface area contributed by atoms with Gasteiger partial charge in [0.2, 0.25) is 5.91 Å². The molecule has 0 saturated carbocycles. The second kappa shape index (κ2) is 3.53. The second-order valence-corrected chi connectivity index (χ2v) is 2.68. The van der Waals surface area contributed by atoms with Crippen LogP contribution in [0.1, 0.15) is 6.92 Å². The Morgan fingerprint density at radius 1 is 1.45 bits per heavy atom. The van der Waals surface area contributed by atoms with E-state index in [1.807, 2.05) is 0 Å². The van der Waals surface area contributed by atoms with Gasteiger partial charge in [0, 0.05) is 18.7 Å². The molecular formula is C8H13NO2. The van der Waals surface area contributed by atoms with Crippen molar-refractivity contribution in [1.82, 2.24) is 4.90 Å². The van der Waals surface area contributed by atoms with E-state index < -0.39 is 0 Å². The molecule has 0 atom stereocenters. The third-order valence-electron chi connectivity index (χ3n) is 1.66. The van der Waals surface area contributed by atoms with E-state index in [9.17, 15) is 4.79 Å². The molecule has 0 bridgehead atoms.